The quantitative estimate of drug-likeness (QED) is 0.317. The molecule has 1 heterocycles. The van der Waals surface area contributed by atoms with Crippen molar-refractivity contribution in [1.82, 2.24) is 5.43 Å². The Balaban J connectivity index is 2.37. The van der Waals surface area contributed by atoms with Gasteiger partial charge in [0.05, 0.1) is 5.69 Å². The van der Waals surface area contributed by atoms with Gasteiger partial charge in [0, 0.05) is 17.7 Å². The van der Waals surface area contributed by atoms with Gasteiger partial charge in [-0.3, -0.25) is 19.8 Å². The Hall–Kier alpha value is -2.47. The van der Waals surface area contributed by atoms with Gasteiger partial charge in [-0.1, -0.05) is 6.07 Å². The van der Waals surface area contributed by atoms with Crippen molar-refractivity contribution in [3.8, 4) is 0 Å². The predicted molar refractivity (Wildman–Crippen MR) is 59.7 cm³/mol. The number of nitrogens with one attached hydrogen (secondary N) is 1. The van der Waals surface area contributed by atoms with Crippen LogP contribution in [-0.2, 0) is 9.59 Å². The Bertz CT molecular complexity index is 519. The van der Waals surface area contributed by atoms with Crippen molar-refractivity contribution in [2.24, 2.45) is 5.84 Å². The van der Waals surface area contributed by atoms with Crippen LogP contribution in [-0.4, -0.2) is 17.7 Å². The highest BCUT2D eigenvalue weighted by atomic mass is 16.2. The zero-order valence-corrected chi connectivity index (χ0v) is 8.71. The van der Waals surface area contributed by atoms with Crippen LogP contribution in [0.1, 0.15) is 10.4 Å². The molecule has 6 nitrogen and oxygen atoms in total. The number of rotatable bonds is 2. The Morgan fingerprint density at radius 2 is 1.82 bits per heavy atom. The number of benzene rings is 1. The number of hydrogen-bond donors (Lipinski definition) is 2. The van der Waals surface area contributed by atoms with Gasteiger partial charge >= 0.3 is 0 Å². The zero-order chi connectivity index (χ0) is 12.4. The molecule has 0 bridgehead atoms. The SMILES string of the molecule is NNC(=O)c1cccc(N2C(=O)C=CC2=O)c1. The Kier molecular flexibility index (Phi) is 2.71. The number of nitrogens with zero attached hydrogens (tertiary/aromatic N) is 1. The summed E-state index contributed by atoms with van der Waals surface area (Å²) in [5.74, 6) is 3.66. The van der Waals surface area contributed by atoms with Crippen molar-refractivity contribution >= 4 is 23.4 Å². The van der Waals surface area contributed by atoms with Gasteiger partial charge < -0.3 is 0 Å². The van der Waals surface area contributed by atoms with E-state index in [1.54, 1.807) is 12.1 Å². The summed E-state index contributed by atoms with van der Waals surface area (Å²) >= 11 is 0. The number of hydrazine groups is 1. The van der Waals surface area contributed by atoms with Gasteiger partial charge in [0.1, 0.15) is 0 Å². The van der Waals surface area contributed by atoms with E-state index in [2.05, 4.69) is 0 Å². The molecule has 6 heteroatoms. The van der Waals surface area contributed by atoms with Gasteiger partial charge in [-0.25, -0.2) is 10.7 Å². The molecule has 86 valence electrons. The van der Waals surface area contributed by atoms with E-state index in [-0.39, 0.29) is 5.56 Å². The lowest BCUT2D eigenvalue weighted by molar-refractivity contribution is -0.119. The van der Waals surface area contributed by atoms with Crippen LogP contribution in [0.4, 0.5) is 5.69 Å². The summed E-state index contributed by atoms with van der Waals surface area (Å²) in [7, 11) is 0. The maximum atomic E-state index is 11.4. The van der Waals surface area contributed by atoms with Crippen LogP contribution in [0.2, 0.25) is 0 Å². The van der Waals surface area contributed by atoms with E-state index in [4.69, 9.17) is 5.84 Å². The number of anilines is 1. The number of amides is 3. The van der Waals surface area contributed by atoms with E-state index < -0.39 is 17.7 Å². The molecule has 0 saturated carbocycles. The van der Waals surface area contributed by atoms with Crippen LogP contribution < -0.4 is 16.2 Å². The first kappa shape index (κ1) is 11.0. The fourth-order valence-electron chi connectivity index (χ4n) is 1.52. The molecule has 0 spiro atoms. The van der Waals surface area contributed by atoms with Crippen LogP contribution in [0.15, 0.2) is 36.4 Å². The van der Waals surface area contributed by atoms with E-state index in [0.717, 1.165) is 4.90 Å². The number of hydrogen-bond acceptors (Lipinski definition) is 4. The van der Waals surface area contributed by atoms with Crippen molar-refractivity contribution in [1.29, 1.82) is 0 Å². The second kappa shape index (κ2) is 4.18. The van der Waals surface area contributed by atoms with E-state index in [0.29, 0.717) is 5.69 Å². The first-order chi connectivity index (χ1) is 8.13. The minimum Gasteiger partial charge on any atom is -0.290 e. The molecule has 1 aromatic rings. The number of carbonyl (C=O) groups is 3. The molecule has 2 rings (SSSR count). The molecule has 0 fully saturated rings. The van der Waals surface area contributed by atoms with E-state index in [9.17, 15) is 14.4 Å². The summed E-state index contributed by atoms with van der Waals surface area (Å²) in [5, 5.41) is 0. The second-order valence-corrected chi connectivity index (χ2v) is 3.37. The first-order valence-corrected chi connectivity index (χ1v) is 4.80. The summed E-state index contributed by atoms with van der Waals surface area (Å²) in [5.41, 5.74) is 2.59. The van der Waals surface area contributed by atoms with Crippen LogP contribution in [0.25, 0.3) is 0 Å². The summed E-state index contributed by atoms with van der Waals surface area (Å²) in [6.45, 7) is 0. The predicted octanol–water partition coefficient (Wildman–Crippen LogP) is -0.281. The average molecular weight is 231 g/mol. The molecular formula is C11H9N3O3. The molecule has 0 atom stereocenters. The van der Waals surface area contributed by atoms with Crippen molar-refractivity contribution in [2.75, 3.05) is 4.90 Å². The molecule has 0 unspecified atom stereocenters. The largest absolute Gasteiger partial charge is 0.290 e. The molecule has 1 aliphatic heterocycles. The normalized spacial score (nSPS) is 14.3. The molecule has 17 heavy (non-hydrogen) atoms. The van der Waals surface area contributed by atoms with Gasteiger partial charge in [0.25, 0.3) is 17.7 Å². The Labute approximate surface area is 96.7 Å². The minimum absolute atomic E-state index is 0.275. The summed E-state index contributed by atoms with van der Waals surface area (Å²) in [6.07, 6.45) is 2.36. The van der Waals surface area contributed by atoms with E-state index in [1.807, 2.05) is 5.43 Å². The lowest BCUT2D eigenvalue weighted by Crippen LogP contribution is -2.31. The lowest BCUT2D eigenvalue weighted by Gasteiger charge is -2.14. The highest BCUT2D eigenvalue weighted by molar-refractivity contribution is 6.28. The van der Waals surface area contributed by atoms with Crippen LogP contribution in [0.5, 0.6) is 0 Å². The van der Waals surface area contributed by atoms with E-state index >= 15 is 0 Å². The molecule has 0 aromatic heterocycles. The van der Waals surface area contributed by atoms with Crippen molar-refractivity contribution in [3.63, 3.8) is 0 Å². The third-order valence-corrected chi connectivity index (χ3v) is 2.31. The lowest BCUT2D eigenvalue weighted by atomic mass is 10.2. The molecule has 1 aliphatic rings. The average Bonchev–Trinajstić information content (AvgIpc) is 2.68. The first-order valence-electron chi connectivity index (χ1n) is 4.80. The molecular weight excluding hydrogens is 222 g/mol. The van der Waals surface area contributed by atoms with Gasteiger partial charge in [-0.2, -0.15) is 0 Å². The number of nitrogen functional groups attached to an aromatic ring is 1. The fourth-order valence-corrected chi connectivity index (χ4v) is 1.52. The maximum Gasteiger partial charge on any atom is 0.265 e. The second-order valence-electron chi connectivity index (χ2n) is 3.37. The summed E-state index contributed by atoms with van der Waals surface area (Å²) in [6, 6.07) is 6.09. The van der Waals surface area contributed by atoms with Crippen molar-refractivity contribution < 1.29 is 14.4 Å². The Morgan fingerprint density at radius 1 is 1.18 bits per heavy atom. The molecule has 0 aliphatic carbocycles. The molecule has 0 saturated heterocycles. The van der Waals surface area contributed by atoms with Crippen molar-refractivity contribution in [3.05, 3.63) is 42.0 Å². The third kappa shape index (κ3) is 1.93. The number of nitrogens with two attached hydrogens (primary N) is 1. The zero-order valence-electron chi connectivity index (χ0n) is 8.71. The van der Waals surface area contributed by atoms with Gasteiger partial charge in [0.15, 0.2) is 0 Å². The molecule has 3 N–H and O–H groups in total. The van der Waals surface area contributed by atoms with Gasteiger partial charge in [-0.15, -0.1) is 0 Å². The molecule has 3 amide bonds. The van der Waals surface area contributed by atoms with Crippen molar-refractivity contribution in [2.45, 2.75) is 0 Å². The summed E-state index contributed by atoms with van der Waals surface area (Å²) in [4.78, 5) is 35.1. The minimum atomic E-state index is -0.487. The molecule has 1 aromatic carbocycles. The van der Waals surface area contributed by atoms with Gasteiger partial charge in [0.2, 0.25) is 0 Å². The number of carbonyl (C=O) groups excluding carboxylic acids is 3. The highest BCUT2D eigenvalue weighted by Gasteiger charge is 2.25. The summed E-state index contributed by atoms with van der Waals surface area (Å²) < 4.78 is 0. The monoisotopic (exact) mass is 231 g/mol. The van der Waals surface area contributed by atoms with Crippen LogP contribution >= 0.6 is 0 Å². The fraction of sp³-hybridized carbons (Fsp3) is 0. The van der Waals surface area contributed by atoms with Crippen LogP contribution in [0.3, 0.4) is 0 Å². The van der Waals surface area contributed by atoms with E-state index in [1.165, 1.54) is 24.3 Å². The number of imide groups is 1. The smallest absolute Gasteiger partial charge is 0.265 e. The maximum absolute atomic E-state index is 11.4. The Morgan fingerprint density at radius 3 is 2.41 bits per heavy atom. The van der Waals surface area contributed by atoms with Crippen LogP contribution in [0, 0.1) is 0 Å². The standard InChI is InChI=1S/C11H9N3O3/c12-13-11(17)7-2-1-3-8(6-7)14-9(15)4-5-10(14)16/h1-6H,12H2,(H,13,17). The van der Waals surface area contributed by atoms with Gasteiger partial charge in [-0.05, 0) is 18.2 Å². The molecule has 0 radical (unpaired) electrons. The highest BCUT2D eigenvalue weighted by Crippen LogP contribution is 2.20. The third-order valence-electron chi connectivity index (χ3n) is 2.31. The topological polar surface area (TPSA) is 92.5 Å².